The van der Waals surface area contributed by atoms with Crippen molar-refractivity contribution < 1.29 is 5.11 Å². The van der Waals surface area contributed by atoms with E-state index in [1.807, 2.05) is 12.1 Å². The predicted octanol–water partition coefficient (Wildman–Crippen LogP) is 4.32. The minimum absolute atomic E-state index is 0.497. The largest absolute Gasteiger partial charge is 0.508 e. The summed E-state index contributed by atoms with van der Waals surface area (Å²) in [4.78, 5) is 2.68. The van der Waals surface area contributed by atoms with Crippen LogP contribution in [0.2, 0.25) is 0 Å². The minimum Gasteiger partial charge on any atom is -0.508 e. The van der Waals surface area contributed by atoms with E-state index in [0.717, 1.165) is 12.8 Å². The van der Waals surface area contributed by atoms with Gasteiger partial charge in [-0.2, -0.15) is 0 Å². The molecular weight excluding hydrogens is 246 g/mol. The van der Waals surface area contributed by atoms with Crippen LogP contribution < -0.4 is 0 Å². The molecule has 1 aliphatic rings. The van der Waals surface area contributed by atoms with Gasteiger partial charge in [0, 0.05) is 6.04 Å². The van der Waals surface area contributed by atoms with Crippen molar-refractivity contribution in [2.75, 3.05) is 13.1 Å². The van der Waals surface area contributed by atoms with Crippen molar-refractivity contribution in [3.63, 3.8) is 0 Å². The Balaban J connectivity index is 2.28. The lowest BCUT2D eigenvalue weighted by atomic mass is 9.76. The molecule has 0 radical (unpaired) electrons. The second kappa shape index (κ2) is 7.12. The summed E-state index contributed by atoms with van der Waals surface area (Å²) >= 11 is 0. The lowest BCUT2D eigenvalue weighted by molar-refractivity contribution is 0.151. The Bertz CT molecular complexity index is 423. The van der Waals surface area contributed by atoms with E-state index in [9.17, 15) is 5.11 Å². The number of nitrogens with zero attached hydrogens (tertiary/aromatic N) is 1. The summed E-state index contributed by atoms with van der Waals surface area (Å²) in [5.41, 5.74) is 2.59. The zero-order valence-corrected chi connectivity index (χ0v) is 13.2. The van der Waals surface area contributed by atoms with Gasteiger partial charge in [0.15, 0.2) is 0 Å². The van der Waals surface area contributed by atoms with Crippen LogP contribution in [-0.4, -0.2) is 29.1 Å². The normalized spacial score (nSPS) is 22.0. The molecule has 0 saturated carbocycles. The molecule has 1 aromatic carbocycles. The first-order chi connectivity index (χ1) is 9.72. The van der Waals surface area contributed by atoms with Gasteiger partial charge in [0.2, 0.25) is 0 Å². The highest BCUT2D eigenvalue weighted by Crippen LogP contribution is 2.40. The number of aromatic hydroxyl groups is 1. The molecule has 112 valence electrons. The fraction of sp³-hybridized carbons (Fsp3) is 0.667. The van der Waals surface area contributed by atoms with Crippen LogP contribution in [0.1, 0.15) is 63.5 Å². The van der Waals surface area contributed by atoms with Gasteiger partial charge in [0.25, 0.3) is 0 Å². The fourth-order valence-corrected chi connectivity index (χ4v) is 3.86. The number of rotatable bonds is 6. The van der Waals surface area contributed by atoms with Crippen LogP contribution in [0.4, 0.5) is 0 Å². The van der Waals surface area contributed by atoms with Gasteiger partial charge in [-0.25, -0.2) is 0 Å². The molecule has 2 atom stereocenters. The van der Waals surface area contributed by atoms with E-state index in [2.05, 4.69) is 31.7 Å². The summed E-state index contributed by atoms with van der Waals surface area (Å²) in [5.74, 6) is 1.07. The molecule has 2 nitrogen and oxygen atoms in total. The molecule has 1 aromatic rings. The molecular formula is C18H29NO. The Labute approximate surface area is 123 Å². The second-order valence-corrected chi connectivity index (χ2v) is 6.00. The van der Waals surface area contributed by atoms with Gasteiger partial charge >= 0.3 is 0 Å². The van der Waals surface area contributed by atoms with Crippen molar-refractivity contribution in [1.29, 1.82) is 0 Å². The Morgan fingerprint density at radius 2 is 1.85 bits per heavy atom. The molecule has 2 rings (SSSR count). The molecule has 0 spiro atoms. The number of fused-ring (bicyclic) bond motifs is 1. The third-order valence-electron chi connectivity index (χ3n) is 4.67. The van der Waals surface area contributed by atoms with Crippen molar-refractivity contribution >= 4 is 0 Å². The van der Waals surface area contributed by atoms with Crippen LogP contribution in [0.3, 0.4) is 0 Å². The topological polar surface area (TPSA) is 23.5 Å². The van der Waals surface area contributed by atoms with Crippen LogP contribution in [0.15, 0.2) is 18.2 Å². The van der Waals surface area contributed by atoms with Crippen LogP contribution in [0.5, 0.6) is 5.75 Å². The number of hydrogen-bond donors (Lipinski definition) is 1. The Hall–Kier alpha value is -1.02. The van der Waals surface area contributed by atoms with Crippen molar-refractivity contribution in [1.82, 2.24) is 4.90 Å². The number of benzene rings is 1. The molecule has 1 aliphatic carbocycles. The Kier molecular flexibility index (Phi) is 5.47. The molecule has 0 aliphatic heterocycles. The summed E-state index contributed by atoms with van der Waals surface area (Å²) in [5, 5.41) is 10.1. The van der Waals surface area contributed by atoms with Gasteiger partial charge in [0.1, 0.15) is 5.75 Å². The van der Waals surface area contributed by atoms with E-state index in [1.165, 1.54) is 43.5 Å². The van der Waals surface area contributed by atoms with Crippen LogP contribution in [0.25, 0.3) is 0 Å². The standard InChI is InChI=1S/C18H29NO/c1-4-12-19(13-5-2)17-11-10-16-15(14(17)6-3)8-7-9-18(16)20/h7-9,14,17,20H,4-6,10-13H2,1-3H3/t14-,17+/m1/s1. The maximum atomic E-state index is 10.1. The molecule has 1 N–H and O–H groups in total. The highest BCUT2D eigenvalue weighted by atomic mass is 16.3. The first-order valence-corrected chi connectivity index (χ1v) is 8.27. The molecule has 0 unspecified atom stereocenters. The summed E-state index contributed by atoms with van der Waals surface area (Å²) < 4.78 is 0. The SMILES string of the molecule is CCCN(CCC)[C@H]1CCc2c(O)cccc2[C@H]1CC. The van der Waals surface area contributed by atoms with Crippen molar-refractivity contribution in [2.45, 2.75) is 64.8 Å². The van der Waals surface area contributed by atoms with Crippen LogP contribution >= 0.6 is 0 Å². The average Bonchev–Trinajstić information content (AvgIpc) is 2.46. The Morgan fingerprint density at radius 3 is 2.45 bits per heavy atom. The van der Waals surface area contributed by atoms with E-state index >= 15 is 0 Å². The number of phenols is 1. The number of hydrogen-bond acceptors (Lipinski definition) is 2. The van der Waals surface area contributed by atoms with Gasteiger partial charge in [-0.1, -0.05) is 32.9 Å². The van der Waals surface area contributed by atoms with Gasteiger partial charge in [-0.05, 0) is 68.3 Å². The van der Waals surface area contributed by atoms with Crippen LogP contribution in [0, 0.1) is 0 Å². The van der Waals surface area contributed by atoms with Gasteiger partial charge < -0.3 is 5.11 Å². The summed E-state index contributed by atoms with van der Waals surface area (Å²) in [6.07, 6.45) is 5.81. The quantitative estimate of drug-likeness (QED) is 0.835. The Morgan fingerprint density at radius 1 is 1.15 bits per heavy atom. The van der Waals surface area contributed by atoms with Gasteiger partial charge in [-0.15, -0.1) is 0 Å². The van der Waals surface area contributed by atoms with E-state index in [4.69, 9.17) is 0 Å². The van der Waals surface area contributed by atoms with Crippen molar-refractivity contribution in [3.05, 3.63) is 29.3 Å². The van der Waals surface area contributed by atoms with E-state index < -0.39 is 0 Å². The fourth-order valence-electron chi connectivity index (χ4n) is 3.86. The average molecular weight is 275 g/mol. The zero-order chi connectivity index (χ0) is 14.5. The number of phenolic OH excluding ortho intramolecular Hbond substituents is 1. The third kappa shape index (κ3) is 3.01. The minimum atomic E-state index is 0.497. The highest BCUT2D eigenvalue weighted by molar-refractivity contribution is 5.43. The lowest BCUT2D eigenvalue weighted by Gasteiger charge is -2.41. The van der Waals surface area contributed by atoms with E-state index in [-0.39, 0.29) is 0 Å². The summed E-state index contributed by atoms with van der Waals surface area (Å²) in [6.45, 7) is 9.22. The molecule has 0 bridgehead atoms. The highest BCUT2D eigenvalue weighted by Gasteiger charge is 2.32. The zero-order valence-electron chi connectivity index (χ0n) is 13.2. The maximum Gasteiger partial charge on any atom is 0.119 e. The third-order valence-corrected chi connectivity index (χ3v) is 4.67. The molecule has 0 amide bonds. The molecule has 0 aromatic heterocycles. The molecule has 2 heteroatoms. The van der Waals surface area contributed by atoms with E-state index in [0.29, 0.717) is 17.7 Å². The first kappa shape index (κ1) is 15.4. The molecule has 0 saturated heterocycles. The predicted molar refractivity (Wildman–Crippen MR) is 85.4 cm³/mol. The van der Waals surface area contributed by atoms with E-state index in [1.54, 1.807) is 0 Å². The van der Waals surface area contributed by atoms with Crippen molar-refractivity contribution in [2.24, 2.45) is 0 Å². The first-order valence-electron chi connectivity index (χ1n) is 8.27. The van der Waals surface area contributed by atoms with Gasteiger partial charge in [-0.3, -0.25) is 4.90 Å². The van der Waals surface area contributed by atoms with Crippen LogP contribution in [-0.2, 0) is 6.42 Å². The van der Waals surface area contributed by atoms with Gasteiger partial charge in [0.05, 0.1) is 0 Å². The van der Waals surface area contributed by atoms with Crippen molar-refractivity contribution in [3.8, 4) is 5.75 Å². The molecule has 20 heavy (non-hydrogen) atoms. The monoisotopic (exact) mass is 275 g/mol. The summed E-state index contributed by atoms with van der Waals surface area (Å²) in [6, 6.07) is 6.71. The smallest absolute Gasteiger partial charge is 0.119 e. The molecule has 0 heterocycles. The maximum absolute atomic E-state index is 10.1. The second-order valence-electron chi connectivity index (χ2n) is 6.00. The molecule has 0 fully saturated rings. The lowest BCUT2D eigenvalue weighted by Crippen LogP contribution is -2.43. The summed E-state index contributed by atoms with van der Waals surface area (Å²) in [7, 11) is 0.